The minimum absolute atomic E-state index is 0.655. The molecule has 0 aromatic carbocycles. The van der Waals surface area contributed by atoms with E-state index in [1.807, 2.05) is 6.21 Å². The molecule has 0 N–H and O–H groups in total. The Bertz CT molecular complexity index is 194. The number of nitrogens with zero attached hydrogens (tertiary/aromatic N) is 2. The first-order valence-corrected chi connectivity index (χ1v) is 5.45. The zero-order chi connectivity index (χ0) is 9.52. The molecule has 0 radical (unpaired) electrons. The molecule has 0 aliphatic carbocycles. The monoisotopic (exact) mass is 180 g/mol. The molecular formula is C11H20N2. The topological polar surface area (TPSA) is 24.7 Å². The van der Waals surface area contributed by atoms with Crippen molar-refractivity contribution >= 4 is 11.9 Å². The molecule has 0 amide bonds. The molecule has 74 valence electrons. The largest absolute Gasteiger partial charge is 0.163 e. The fraction of sp³-hybridized carbons (Fsp3) is 0.818. The summed E-state index contributed by atoms with van der Waals surface area (Å²) in [6.45, 7) is 4.43. The fourth-order valence-electron chi connectivity index (χ4n) is 1.55. The molecule has 2 nitrogen and oxygen atoms in total. The Balaban J connectivity index is 2.36. The molecule has 2 heteroatoms. The predicted octanol–water partition coefficient (Wildman–Crippen LogP) is 3.42. The number of rotatable bonds is 4. The van der Waals surface area contributed by atoms with Gasteiger partial charge in [0.2, 0.25) is 0 Å². The Hall–Kier alpha value is -0.660. The molecule has 0 aromatic heterocycles. The van der Waals surface area contributed by atoms with E-state index in [9.17, 15) is 0 Å². The first-order valence-electron chi connectivity index (χ1n) is 5.45. The maximum atomic E-state index is 4.24. The zero-order valence-electron chi connectivity index (χ0n) is 8.79. The second-order valence-electron chi connectivity index (χ2n) is 3.74. The molecule has 1 rings (SSSR count). The molecule has 1 aliphatic rings. The smallest absolute Gasteiger partial charge is 0.0406 e. The van der Waals surface area contributed by atoms with Crippen LogP contribution in [0.25, 0.3) is 0 Å². The van der Waals surface area contributed by atoms with Crippen LogP contribution in [0.2, 0.25) is 0 Å². The van der Waals surface area contributed by atoms with Crippen LogP contribution in [-0.4, -0.2) is 11.9 Å². The van der Waals surface area contributed by atoms with Crippen molar-refractivity contribution in [2.45, 2.75) is 52.4 Å². The highest BCUT2D eigenvalue weighted by atomic mass is 15.2. The Morgan fingerprint density at radius 2 is 2.31 bits per heavy atom. The third-order valence-electron chi connectivity index (χ3n) is 2.62. The summed E-state index contributed by atoms with van der Waals surface area (Å²) in [7, 11) is 0. The molecule has 0 spiro atoms. The molecule has 1 heterocycles. The lowest BCUT2D eigenvalue weighted by Gasteiger charge is -2.05. The SMILES string of the molecule is CCCCC1=NN=CC(CC)CC1. The van der Waals surface area contributed by atoms with Gasteiger partial charge in [0.15, 0.2) is 0 Å². The molecule has 1 atom stereocenters. The van der Waals surface area contributed by atoms with E-state index >= 15 is 0 Å². The van der Waals surface area contributed by atoms with E-state index in [1.54, 1.807) is 0 Å². The van der Waals surface area contributed by atoms with Gasteiger partial charge in [0.05, 0.1) is 0 Å². The van der Waals surface area contributed by atoms with Crippen molar-refractivity contribution in [2.75, 3.05) is 0 Å². The number of hydrogen-bond donors (Lipinski definition) is 0. The van der Waals surface area contributed by atoms with Crippen LogP contribution >= 0.6 is 0 Å². The summed E-state index contributed by atoms with van der Waals surface area (Å²) in [5, 5.41) is 8.37. The third kappa shape index (κ3) is 3.71. The van der Waals surface area contributed by atoms with E-state index < -0.39 is 0 Å². The van der Waals surface area contributed by atoms with Gasteiger partial charge in [0, 0.05) is 11.9 Å². The average Bonchev–Trinajstić information content (AvgIpc) is 2.39. The number of unbranched alkanes of at least 4 members (excludes halogenated alkanes) is 1. The average molecular weight is 180 g/mol. The van der Waals surface area contributed by atoms with Gasteiger partial charge >= 0.3 is 0 Å². The third-order valence-corrected chi connectivity index (χ3v) is 2.62. The molecule has 0 aromatic rings. The molecule has 0 saturated heterocycles. The lowest BCUT2D eigenvalue weighted by atomic mass is 9.98. The van der Waals surface area contributed by atoms with Gasteiger partial charge in [0.25, 0.3) is 0 Å². The standard InChI is InChI=1S/C11H20N2/c1-3-5-6-11-8-7-10(4-2)9-12-13-11/h9-10H,3-8H2,1-2H3. The van der Waals surface area contributed by atoms with Crippen molar-refractivity contribution in [3.05, 3.63) is 0 Å². The van der Waals surface area contributed by atoms with Gasteiger partial charge in [0.1, 0.15) is 0 Å². The Morgan fingerprint density at radius 1 is 1.46 bits per heavy atom. The summed E-state index contributed by atoms with van der Waals surface area (Å²) >= 11 is 0. The molecule has 0 bridgehead atoms. The summed E-state index contributed by atoms with van der Waals surface area (Å²) < 4.78 is 0. The van der Waals surface area contributed by atoms with Gasteiger partial charge in [-0.25, -0.2) is 0 Å². The van der Waals surface area contributed by atoms with E-state index in [4.69, 9.17) is 0 Å². The lowest BCUT2D eigenvalue weighted by Crippen LogP contribution is -2.02. The summed E-state index contributed by atoms with van der Waals surface area (Å²) in [6.07, 6.45) is 9.25. The highest BCUT2D eigenvalue weighted by Crippen LogP contribution is 2.14. The fourth-order valence-corrected chi connectivity index (χ4v) is 1.55. The normalized spacial score (nSPS) is 22.6. The van der Waals surface area contributed by atoms with Crippen molar-refractivity contribution in [2.24, 2.45) is 16.1 Å². The van der Waals surface area contributed by atoms with Crippen LogP contribution in [0.1, 0.15) is 52.4 Å². The molecule has 13 heavy (non-hydrogen) atoms. The molecule has 1 aliphatic heterocycles. The van der Waals surface area contributed by atoms with E-state index in [2.05, 4.69) is 24.1 Å². The van der Waals surface area contributed by atoms with Crippen LogP contribution in [0, 0.1) is 5.92 Å². The highest BCUT2D eigenvalue weighted by molar-refractivity contribution is 5.85. The van der Waals surface area contributed by atoms with Crippen LogP contribution in [0.3, 0.4) is 0 Å². The van der Waals surface area contributed by atoms with Gasteiger partial charge in [-0.05, 0) is 38.0 Å². The molecular weight excluding hydrogens is 160 g/mol. The van der Waals surface area contributed by atoms with Gasteiger partial charge in [-0.2, -0.15) is 10.2 Å². The van der Waals surface area contributed by atoms with Crippen molar-refractivity contribution in [1.82, 2.24) is 0 Å². The maximum Gasteiger partial charge on any atom is 0.0406 e. The molecule has 0 saturated carbocycles. The van der Waals surface area contributed by atoms with Gasteiger partial charge in [-0.15, -0.1) is 0 Å². The van der Waals surface area contributed by atoms with Crippen LogP contribution < -0.4 is 0 Å². The quantitative estimate of drug-likeness (QED) is 0.633. The van der Waals surface area contributed by atoms with Crippen LogP contribution in [0.4, 0.5) is 0 Å². The van der Waals surface area contributed by atoms with E-state index in [0.29, 0.717) is 5.92 Å². The zero-order valence-corrected chi connectivity index (χ0v) is 8.79. The van der Waals surface area contributed by atoms with Crippen LogP contribution in [0.5, 0.6) is 0 Å². The minimum Gasteiger partial charge on any atom is -0.163 e. The molecule has 0 fully saturated rings. The summed E-state index contributed by atoms with van der Waals surface area (Å²) in [4.78, 5) is 0. The first-order chi connectivity index (χ1) is 6.36. The maximum absolute atomic E-state index is 4.24. The minimum atomic E-state index is 0.655. The number of hydrogen-bond acceptors (Lipinski definition) is 2. The molecule has 1 unspecified atom stereocenters. The highest BCUT2D eigenvalue weighted by Gasteiger charge is 2.08. The van der Waals surface area contributed by atoms with Crippen molar-refractivity contribution < 1.29 is 0 Å². The van der Waals surface area contributed by atoms with Crippen LogP contribution in [0.15, 0.2) is 10.2 Å². The van der Waals surface area contributed by atoms with Crippen LogP contribution in [-0.2, 0) is 0 Å². The predicted molar refractivity (Wildman–Crippen MR) is 58.5 cm³/mol. The van der Waals surface area contributed by atoms with E-state index in [0.717, 1.165) is 12.8 Å². The summed E-state index contributed by atoms with van der Waals surface area (Å²) in [5.74, 6) is 0.655. The second kappa shape index (κ2) is 5.90. The summed E-state index contributed by atoms with van der Waals surface area (Å²) in [6, 6.07) is 0. The Kier molecular flexibility index (Phi) is 4.73. The van der Waals surface area contributed by atoms with Gasteiger partial charge in [-0.1, -0.05) is 20.3 Å². The van der Waals surface area contributed by atoms with Crippen molar-refractivity contribution in [3.8, 4) is 0 Å². The Morgan fingerprint density at radius 3 is 3.00 bits per heavy atom. The second-order valence-corrected chi connectivity index (χ2v) is 3.74. The lowest BCUT2D eigenvalue weighted by molar-refractivity contribution is 0.633. The Labute approximate surface area is 81.1 Å². The van der Waals surface area contributed by atoms with E-state index in [1.165, 1.54) is 31.4 Å². The summed E-state index contributed by atoms with van der Waals surface area (Å²) in [5.41, 5.74) is 1.30. The first kappa shape index (κ1) is 10.4. The van der Waals surface area contributed by atoms with Crippen molar-refractivity contribution in [1.29, 1.82) is 0 Å². The van der Waals surface area contributed by atoms with E-state index in [-0.39, 0.29) is 0 Å². The van der Waals surface area contributed by atoms with Gasteiger partial charge < -0.3 is 0 Å². The van der Waals surface area contributed by atoms with Gasteiger partial charge in [-0.3, -0.25) is 0 Å². The van der Waals surface area contributed by atoms with Crippen molar-refractivity contribution in [3.63, 3.8) is 0 Å².